The van der Waals surface area contributed by atoms with Crippen LogP contribution >= 0.6 is 23.4 Å². The molecule has 3 rings (SSSR count). The maximum atomic E-state index is 13.2. The SMILES string of the molecule is O=C(Nc1ccc(F)c(Cl)c1)N1CCS[C@H]1c1ccc(F)cc1. The van der Waals surface area contributed by atoms with E-state index in [9.17, 15) is 13.6 Å². The summed E-state index contributed by atoms with van der Waals surface area (Å²) >= 11 is 7.33. The van der Waals surface area contributed by atoms with Crippen LogP contribution in [-0.4, -0.2) is 23.2 Å². The van der Waals surface area contributed by atoms with Gasteiger partial charge in [-0.2, -0.15) is 0 Å². The number of carbonyl (C=O) groups excluding carboxylic acids is 1. The smallest absolute Gasteiger partial charge is 0.308 e. The van der Waals surface area contributed by atoms with E-state index in [1.165, 1.54) is 30.3 Å². The molecule has 23 heavy (non-hydrogen) atoms. The predicted molar refractivity (Wildman–Crippen MR) is 88.7 cm³/mol. The minimum absolute atomic E-state index is 0.0475. The molecule has 0 aliphatic carbocycles. The number of carbonyl (C=O) groups is 1. The summed E-state index contributed by atoms with van der Waals surface area (Å²) < 4.78 is 26.2. The molecule has 1 fully saturated rings. The number of nitrogens with zero attached hydrogens (tertiary/aromatic N) is 1. The van der Waals surface area contributed by atoms with Gasteiger partial charge in [0.15, 0.2) is 0 Å². The van der Waals surface area contributed by atoms with Crippen LogP contribution in [0.25, 0.3) is 0 Å². The molecule has 2 amide bonds. The quantitative estimate of drug-likeness (QED) is 0.832. The van der Waals surface area contributed by atoms with Gasteiger partial charge in [-0.25, -0.2) is 13.6 Å². The first kappa shape index (κ1) is 16.1. The van der Waals surface area contributed by atoms with Gasteiger partial charge in [-0.3, -0.25) is 0 Å². The van der Waals surface area contributed by atoms with Gasteiger partial charge >= 0.3 is 6.03 Å². The number of thioether (sulfide) groups is 1. The van der Waals surface area contributed by atoms with Crippen molar-refractivity contribution < 1.29 is 13.6 Å². The Hall–Kier alpha value is -1.79. The van der Waals surface area contributed by atoms with Crippen LogP contribution in [0.15, 0.2) is 42.5 Å². The molecular weight excluding hydrogens is 342 g/mol. The molecule has 1 N–H and O–H groups in total. The standard InChI is InChI=1S/C16H13ClF2N2OS/c17-13-9-12(5-6-14(13)19)20-16(22)21-7-8-23-15(21)10-1-3-11(18)4-2-10/h1-6,9,15H,7-8H2,(H,20,22)/t15-/m0/s1. The molecule has 7 heteroatoms. The Morgan fingerprint density at radius 3 is 2.65 bits per heavy atom. The summed E-state index contributed by atoms with van der Waals surface area (Å²) in [7, 11) is 0. The van der Waals surface area contributed by atoms with E-state index < -0.39 is 5.82 Å². The van der Waals surface area contributed by atoms with Gasteiger partial charge in [0.25, 0.3) is 0 Å². The Bertz CT molecular complexity index is 727. The molecule has 120 valence electrons. The molecular formula is C16H13ClF2N2OS. The summed E-state index contributed by atoms with van der Waals surface area (Å²) in [6.45, 7) is 0.577. The molecule has 2 aromatic rings. The molecule has 1 saturated heterocycles. The fourth-order valence-electron chi connectivity index (χ4n) is 2.35. The summed E-state index contributed by atoms with van der Waals surface area (Å²) in [6.07, 6.45) is 0. The average molecular weight is 355 g/mol. The molecule has 1 aliphatic rings. The van der Waals surface area contributed by atoms with Crippen molar-refractivity contribution in [1.29, 1.82) is 0 Å². The number of hydrogen-bond donors (Lipinski definition) is 1. The minimum atomic E-state index is -0.536. The first-order valence-corrected chi connectivity index (χ1v) is 8.37. The molecule has 1 atom stereocenters. The summed E-state index contributed by atoms with van der Waals surface area (Å²) in [5.74, 6) is -0.0566. The third kappa shape index (κ3) is 3.59. The van der Waals surface area contributed by atoms with Crippen molar-refractivity contribution in [3.05, 3.63) is 64.7 Å². The lowest BCUT2D eigenvalue weighted by molar-refractivity contribution is 0.214. The topological polar surface area (TPSA) is 32.3 Å². The van der Waals surface area contributed by atoms with Gasteiger partial charge in [-0.15, -0.1) is 11.8 Å². The lowest BCUT2D eigenvalue weighted by atomic mass is 10.2. The fourth-order valence-corrected chi connectivity index (χ4v) is 3.79. The van der Waals surface area contributed by atoms with Crippen LogP contribution in [0.2, 0.25) is 5.02 Å². The highest BCUT2D eigenvalue weighted by Gasteiger charge is 2.30. The zero-order valence-corrected chi connectivity index (χ0v) is 13.5. The number of halogens is 3. The van der Waals surface area contributed by atoms with Gasteiger partial charge in [0, 0.05) is 18.0 Å². The van der Waals surface area contributed by atoms with Crippen molar-refractivity contribution in [1.82, 2.24) is 4.90 Å². The zero-order chi connectivity index (χ0) is 16.4. The summed E-state index contributed by atoms with van der Waals surface area (Å²) in [5.41, 5.74) is 1.29. The average Bonchev–Trinajstić information content (AvgIpc) is 3.01. The molecule has 1 aliphatic heterocycles. The number of rotatable bonds is 2. The second-order valence-corrected chi connectivity index (χ2v) is 6.62. The molecule has 0 radical (unpaired) electrons. The molecule has 0 bridgehead atoms. The monoisotopic (exact) mass is 354 g/mol. The molecule has 0 aromatic heterocycles. The van der Waals surface area contributed by atoms with Crippen LogP contribution in [0.5, 0.6) is 0 Å². The van der Waals surface area contributed by atoms with Crippen LogP contribution in [0.3, 0.4) is 0 Å². The Kier molecular flexibility index (Phi) is 4.73. The predicted octanol–water partition coefficient (Wildman–Crippen LogP) is 4.90. The van der Waals surface area contributed by atoms with Gasteiger partial charge in [0.2, 0.25) is 0 Å². The van der Waals surface area contributed by atoms with E-state index in [2.05, 4.69) is 5.32 Å². The summed E-state index contributed by atoms with van der Waals surface area (Å²) in [6, 6.07) is 9.83. The van der Waals surface area contributed by atoms with Gasteiger partial charge in [0.05, 0.1) is 5.02 Å². The minimum Gasteiger partial charge on any atom is -0.308 e. The van der Waals surface area contributed by atoms with Gasteiger partial charge < -0.3 is 10.2 Å². The van der Waals surface area contributed by atoms with E-state index >= 15 is 0 Å². The van der Waals surface area contributed by atoms with Crippen LogP contribution < -0.4 is 5.32 Å². The van der Waals surface area contributed by atoms with E-state index in [-0.39, 0.29) is 22.2 Å². The lowest BCUT2D eigenvalue weighted by Gasteiger charge is -2.24. The Morgan fingerprint density at radius 2 is 1.96 bits per heavy atom. The Balaban J connectivity index is 1.75. The maximum absolute atomic E-state index is 13.2. The van der Waals surface area contributed by atoms with Crippen molar-refractivity contribution in [2.24, 2.45) is 0 Å². The summed E-state index contributed by atoms with van der Waals surface area (Å²) in [5, 5.41) is 2.49. The van der Waals surface area contributed by atoms with Gasteiger partial charge in [0.1, 0.15) is 17.0 Å². The van der Waals surface area contributed by atoms with E-state index in [1.807, 2.05) is 0 Å². The van der Waals surface area contributed by atoms with E-state index in [1.54, 1.807) is 28.8 Å². The summed E-state index contributed by atoms with van der Waals surface area (Å²) in [4.78, 5) is 14.1. The fraction of sp³-hybridized carbons (Fsp3) is 0.188. The molecule has 3 nitrogen and oxygen atoms in total. The second-order valence-electron chi connectivity index (χ2n) is 5.03. The van der Waals surface area contributed by atoms with Crippen molar-refractivity contribution in [3.8, 4) is 0 Å². The number of urea groups is 1. The number of nitrogens with one attached hydrogen (secondary N) is 1. The van der Waals surface area contributed by atoms with Crippen LogP contribution in [0.1, 0.15) is 10.9 Å². The van der Waals surface area contributed by atoms with E-state index in [4.69, 9.17) is 11.6 Å². The van der Waals surface area contributed by atoms with Gasteiger partial charge in [-0.05, 0) is 35.9 Å². The number of anilines is 1. The molecule has 0 unspecified atom stereocenters. The maximum Gasteiger partial charge on any atom is 0.323 e. The highest BCUT2D eigenvalue weighted by atomic mass is 35.5. The number of benzene rings is 2. The second kappa shape index (κ2) is 6.76. The molecule has 0 spiro atoms. The molecule has 0 saturated carbocycles. The third-order valence-electron chi connectivity index (χ3n) is 3.48. The van der Waals surface area contributed by atoms with Crippen LogP contribution in [0.4, 0.5) is 19.3 Å². The van der Waals surface area contributed by atoms with Crippen molar-refractivity contribution in [2.45, 2.75) is 5.37 Å². The number of amides is 2. The van der Waals surface area contributed by atoms with Crippen molar-refractivity contribution in [3.63, 3.8) is 0 Å². The number of hydrogen-bond acceptors (Lipinski definition) is 2. The first-order valence-electron chi connectivity index (χ1n) is 6.94. The van der Waals surface area contributed by atoms with Crippen molar-refractivity contribution >= 4 is 35.1 Å². The Morgan fingerprint density at radius 1 is 1.22 bits per heavy atom. The van der Waals surface area contributed by atoms with E-state index in [0.29, 0.717) is 12.2 Å². The van der Waals surface area contributed by atoms with Crippen LogP contribution in [-0.2, 0) is 0 Å². The zero-order valence-electron chi connectivity index (χ0n) is 11.9. The highest BCUT2D eigenvalue weighted by molar-refractivity contribution is 7.99. The Labute approximate surface area is 141 Å². The lowest BCUT2D eigenvalue weighted by Crippen LogP contribution is -2.34. The molecule has 1 heterocycles. The van der Waals surface area contributed by atoms with Gasteiger partial charge in [-0.1, -0.05) is 23.7 Å². The van der Waals surface area contributed by atoms with Crippen LogP contribution in [0, 0.1) is 11.6 Å². The van der Waals surface area contributed by atoms with E-state index in [0.717, 1.165) is 11.3 Å². The highest BCUT2D eigenvalue weighted by Crippen LogP contribution is 2.38. The van der Waals surface area contributed by atoms with Crippen molar-refractivity contribution in [2.75, 3.05) is 17.6 Å². The largest absolute Gasteiger partial charge is 0.323 e. The first-order chi connectivity index (χ1) is 11.0. The normalized spacial score (nSPS) is 17.3. The molecule has 2 aromatic carbocycles. The third-order valence-corrected chi connectivity index (χ3v) is 5.03.